The molecule has 0 unspecified atom stereocenters. The van der Waals surface area contributed by atoms with Gasteiger partial charge in [-0.15, -0.1) is 0 Å². The lowest BCUT2D eigenvalue weighted by molar-refractivity contribution is 0.476. The second-order valence-electron chi connectivity index (χ2n) is 4.51. The number of nitrogens with zero attached hydrogens (tertiary/aromatic N) is 1. The van der Waals surface area contributed by atoms with Gasteiger partial charge < -0.3 is 10.4 Å². The van der Waals surface area contributed by atoms with Gasteiger partial charge in [-0.1, -0.05) is 41.2 Å². The van der Waals surface area contributed by atoms with E-state index in [1.165, 1.54) is 11.1 Å². The molecular formula is C15H14N2OS. The molecule has 0 aliphatic rings. The number of thiazole rings is 1. The van der Waals surface area contributed by atoms with E-state index in [-0.39, 0.29) is 5.75 Å². The summed E-state index contributed by atoms with van der Waals surface area (Å²) in [6.45, 7) is 2.84. The molecule has 0 aliphatic carbocycles. The quantitative estimate of drug-likeness (QED) is 0.758. The molecule has 0 aliphatic heterocycles. The largest absolute Gasteiger partial charge is 0.508 e. The minimum Gasteiger partial charge on any atom is -0.508 e. The number of anilines is 1. The van der Waals surface area contributed by atoms with Crippen LogP contribution < -0.4 is 5.32 Å². The molecule has 0 spiro atoms. The Hall–Kier alpha value is -2.07. The summed E-state index contributed by atoms with van der Waals surface area (Å²) in [4.78, 5) is 4.48. The molecule has 2 N–H and O–H groups in total. The van der Waals surface area contributed by atoms with Crippen molar-refractivity contribution in [2.75, 3.05) is 5.32 Å². The van der Waals surface area contributed by atoms with Gasteiger partial charge in [-0.05, 0) is 30.7 Å². The molecule has 0 saturated heterocycles. The van der Waals surface area contributed by atoms with Gasteiger partial charge in [0.1, 0.15) is 5.75 Å². The first kappa shape index (κ1) is 12.0. The van der Waals surface area contributed by atoms with Crippen LogP contribution in [0.25, 0.3) is 10.2 Å². The Balaban J connectivity index is 1.76. The maximum atomic E-state index is 9.43. The Bertz CT molecular complexity index is 704. The molecule has 0 radical (unpaired) electrons. The second-order valence-corrected chi connectivity index (χ2v) is 5.54. The highest BCUT2D eigenvalue weighted by atomic mass is 32.1. The van der Waals surface area contributed by atoms with E-state index in [0.29, 0.717) is 0 Å². The molecule has 19 heavy (non-hydrogen) atoms. The van der Waals surface area contributed by atoms with Gasteiger partial charge in [-0.2, -0.15) is 0 Å². The highest BCUT2D eigenvalue weighted by Gasteiger charge is 2.04. The Kier molecular flexibility index (Phi) is 3.09. The van der Waals surface area contributed by atoms with E-state index in [2.05, 4.69) is 41.5 Å². The summed E-state index contributed by atoms with van der Waals surface area (Å²) in [5, 5.41) is 13.6. The first-order valence-electron chi connectivity index (χ1n) is 6.10. The van der Waals surface area contributed by atoms with Crippen LogP contribution in [0.2, 0.25) is 0 Å². The van der Waals surface area contributed by atoms with Crippen molar-refractivity contribution in [3.63, 3.8) is 0 Å². The van der Waals surface area contributed by atoms with E-state index in [9.17, 15) is 5.11 Å². The minimum absolute atomic E-state index is 0.279. The fraction of sp³-hybridized carbons (Fsp3) is 0.133. The average Bonchev–Trinajstić information content (AvgIpc) is 2.80. The summed E-state index contributed by atoms with van der Waals surface area (Å²) < 4.78 is 0.992. The van der Waals surface area contributed by atoms with Gasteiger partial charge in [0.25, 0.3) is 0 Å². The summed E-state index contributed by atoms with van der Waals surface area (Å²) in [6, 6.07) is 13.7. The van der Waals surface area contributed by atoms with Crippen LogP contribution in [0.15, 0.2) is 42.5 Å². The number of benzene rings is 2. The number of rotatable bonds is 3. The third-order valence-corrected chi connectivity index (χ3v) is 3.91. The van der Waals surface area contributed by atoms with Crippen molar-refractivity contribution in [1.82, 2.24) is 4.98 Å². The lowest BCUT2D eigenvalue weighted by atomic mass is 10.1. The first-order valence-corrected chi connectivity index (χ1v) is 6.91. The first-order chi connectivity index (χ1) is 9.20. The maximum absolute atomic E-state index is 9.43. The van der Waals surface area contributed by atoms with E-state index in [1.807, 2.05) is 6.07 Å². The standard InChI is InChI=1S/C15H14N2OS/c1-10-2-4-11(5-3-10)9-16-15-17-13-7-6-12(18)8-14(13)19-15/h2-8,18H,9H2,1H3,(H,16,17). The van der Waals surface area contributed by atoms with Crippen LogP contribution in [-0.2, 0) is 6.54 Å². The van der Waals surface area contributed by atoms with Crippen LogP contribution in [0.4, 0.5) is 5.13 Å². The van der Waals surface area contributed by atoms with E-state index >= 15 is 0 Å². The monoisotopic (exact) mass is 270 g/mol. The number of hydrogen-bond acceptors (Lipinski definition) is 4. The summed E-state index contributed by atoms with van der Waals surface area (Å²) in [5.74, 6) is 0.279. The van der Waals surface area contributed by atoms with Gasteiger partial charge in [0.2, 0.25) is 0 Å². The van der Waals surface area contributed by atoms with Crippen LogP contribution >= 0.6 is 11.3 Å². The van der Waals surface area contributed by atoms with Gasteiger partial charge in [-0.3, -0.25) is 0 Å². The van der Waals surface area contributed by atoms with Gasteiger partial charge >= 0.3 is 0 Å². The van der Waals surface area contributed by atoms with Crippen molar-refractivity contribution < 1.29 is 5.11 Å². The maximum Gasteiger partial charge on any atom is 0.184 e. The number of aryl methyl sites for hydroxylation is 1. The highest BCUT2D eigenvalue weighted by Crippen LogP contribution is 2.28. The minimum atomic E-state index is 0.279. The van der Waals surface area contributed by atoms with Gasteiger partial charge in [0.05, 0.1) is 10.2 Å². The van der Waals surface area contributed by atoms with Gasteiger partial charge in [0, 0.05) is 6.54 Å². The lowest BCUT2D eigenvalue weighted by Crippen LogP contribution is -1.98. The zero-order valence-corrected chi connectivity index (χ0v) is 11.4. The molecule has 0 saturated carbocycles. The molecule has 0 amide bonds. The molecule has 3 nitrogen and oxygen atoms in total. The third-order valence-electron chi connectivity index (χ3n) is 2.94. The SMILES string of the molecule is Cc1ccc(CNc2nc3ccc(O)cc3s2)cc1. The molecule has 1 heterocycles. The van der Waals surface area contributed by atoms with Crippen LogP contribution in [0, 0.1) is 6.92 Å². The smallest absolute Gasteiger partial charge is 0.184 e. The average molecular weight is 270 g/mol. The highest BCUT2D eigenvalue weighted by molar-refractivity contribution is 7.22. The molecule has 0 fully saturated rings. The predicted molar refractivity (Wildman–Crippen MR) is 79.8 cm³/mol. The summed E-state index contributed by atoms with van der Waals surface area (Å²) >= 11 is 1.55. The third kappa shape index (κ3) is 2.69. The van der Waals surface area contributed by atoms with Crippen molar-refractivity contribution in [1.29, 1.82) is 0 Å². The Morgan fingerprint density at radius 1 is 1.16 bits per heavy atom. The van der Waals surface area contributed by atoms with Gasteiger partial charge in [0.15, 0.2) is 5.13 Å². The summed E-state index contributed by atoms with van der Waals surface area (Å²) in [7, 11) is 0. The number of aromatic nitrogens is 1. The lowest BCUT2D eigenvalue weighted by Gasteiger charge is -2.02. The van der Waals surface area contributed by atoms with Crippen molar-refractivity contribution in [2.24, 2.45) is 0 Å². The number of phenolic OH excluding ortho intramolecular Hbond substituents is 1. The molecule has 2 aromatic carbocycles. The van der Waals surface area contributed by atoms with E-state index < -0.39 is 0 Å². The second kappa shape index (κ2) is 4.90. The number of hydrogen-bond donors (Lipinski definition) is 2. The van der Waals surface area contributed by atoms with Crippen molar-refractivity contribution in [2.45, 2.75) is 13.5 Å². The summed E-state index contributed by atoms with van der Waals surface area (Å²) in [6.07, 6.45) is 0. The fourth-order valence-electron chi connectivity index (χ4n) is 1.87. The van der Waals surface area contributed by atoms with Gasteiger partial charge in [-0.25, -0.2) is 4.98 Å². The molecule has 3 rings (SSSR count). The fourth-order valence-corrected chi connectivity index (χ4v) is 2.77. The van der Waals surface area contributed by atoms with E-state index in [1.54, 1.807) is 23.5 Å². The normalized spacial score (nSPS) is 10.8. The zero-order valence-electron chi connectivity index (χ0n) is 10.6. The van der Waals surface area contributed by atoms with Crippen LogP contribution in [0.3, 0.4) is 0 Å². The van der Waals surface area contributed by atoms with Crippen molar-refractivity contribution >= 4 is 26.7 Å². The van der Waals surface area contributed by atoms with Crippen molar-refractivity contribution in [3.05, 3.63) is 53.6 Å². The Morgan fingerprint density at radius 3 is 2.74 bits per heavy atom. The number of phenols is 1. The summed E-state index contributed by atoms with van der Waals surface area (Å²) in [5.41, 5.74) is 3.40. The number of fused-ring (bicyclic) bond motifs is 1. The van der Waals surface area contributed by atoms with E-state index in [0.717, 1.165) is 21.9 Å². The van der Waals surface area contributed by atoms with E-state index in [4.69, 9.17) is 0 Å². The molecule has 4 heteroatoms. The molecule has 1 aromatic heterocycles. The van der Waals surface area contributed by atoms with Crippen LogP contribution in [0.1, 0.15) is 11.1 Å². The molecule has 0 atom stereocenters. The topological polar surface area (TPSA) is 45.2 Å². The van der Waals surface area contributed by atoms with Crippen LogP contribution in [0.5, 0.6) is 5.75 Å². The number of aromatic hydroxyl groups is 1. The molecule has 0 bridgehead atoms. The zero-order chi connectivity index (χ0) is 13.2. The van der Waals surface area contributed by atoms with Crippen LogP contribution in [-0.4, -0.2) is 10.1 Å². The molecule has 96 valence electrons. The number of nitrogens with one attached hydrogen (secondary N) is 1. The Morgan fingerprint density at radius 2 is 1.95 bits per heavy atom. The molecule has 3 aromatic rings. The Labute approximate surface area is 115 Å². The molecular weight excluding hydrogens is 256 g/mol. The predicted octanol–water partition coefficient (Wildman–Crippen LogP) is 3.92. The van der Waals surface area contributed by atoms with Crippen molar-refractivity contribution in [3.8, 4) is 5.75 Å².